The van der Waals surface area contributed by atoms with E-state index in [4.69, 9.17) is 0 Å². The smallest absolute Gasteiger partial charge is 0.000728 e. The monoisotopic (exact) mass is 230 g/mol. The molecule has 0 atom stereocenters. The number of hydrogen-bond acceptors (Lipinski definition) is 0. The van der Waals surface area contributed by atoms with Crippen LogP contribution in [0.2, 0.25) is 0 Å². The summed E-state index contributed by atoms with van der Waals surface area (Å²) in [6.45, 7) is 2.21. The molecule has 0 N–H and O–H groups in total. The lowest BCUT2D eigenvalue weighted by Gasteiger charge is -2.09. The average molecular weight is 230 g/mol. The Hall–Kier alpha value is -2.08. The zero-order valence-electron chi connectivity index (χ0n) is 10.4. The van der Waals surface area contributed by atoms with E-state index in [1.54, 1.807) is 0 Å². The van der Waals surface area contributed by atoms with Gasteiger partial charge < -0.3 is 0 Å². The maximum Gasteiger partial charge on any atom is -0.000728 e. The van der Waals surface area contributed by atoms with Gasteiger partial charge >= 0.3 is 0 Å². The second kappa shape index (κ2) is 3.46. The van der Waals surface area contributed by atoms with E-state index in [0.717, 1.165) is 6.42 Å². The van der Waals surface area contributed by atoms with E-state index in [1.807, 2.05) is 0 Å². The van der Waals surface area contributed by atoms with E-state index in [1.165, 1.54) is 38.6 Å². The molecule has 0 fully saturated rings. The lowest BCUT2D eigenvalue weighted by Crippen LogP contribution is -1.87. The van der Waals surface area contributed by atoms with Gasteiger partial charge in [0.2, 0.25) is 0 Å². The molecule has 0 heterocycles. The second-order valence-corrected chi connectivity index (χ2v) is 5.10. The van der Waals surface area contributed by atoms with Crippen molar-refractivity contribution in [3.8, 4) is 11.1 Å². The molecule has 18 heavy (non-hydrogen) atoms. The Kier molecular flexibility index (Phi) is 1.90. The molecule has 1 aliphatic carbocycles. The first-order valence-electron chi connectivity index (χ1n) is 6.44. The summed E-state index contributed by atoms with van der Waals surface area (Å²) >= 11 is 0. The molecule has 0 spiro atoms. The van der Waals surface area contributed by atoms with Gasteiger partial charge in [0.05, 0.1) is 0 Å². The van der Waals surface area contributed by atoms with Crippen molar-refractivity contribution < 1.29 is 0 Å². The first-order chi connectivity index (χ1) is 8.84. The highest BCUT2D eigenvalue weighted by Crippen LogP contribution is 2.41. The highest BCUT2D eigenvalue weighted by atomic mass is 14.2. The molecule has 3 aromatic carbocycles. The Morgan fingerprint density at radius 2 is 1.50 bits per heavy atom. The fourth-order valence-corrected chi connectivity index (χ4v) is 3.18. The molecule has 0 aliphatic heterocycles. The topological polar surface area (TPSA) is 0 Å². The summed E-state index contributed by atoms with van der Waals surface area (Å²) in [4.78, 5) is 0. The third kappa shape index (κ3) is 1.20. The van der Waals surface area contributed by atoms with Crippen LogP contribution in [-0.2, 0) is 6.42 Å². The van der Waals surface area contributed by atoms with Crippen LogP contribution in [0.3, 0.4) is 0 Å². The lowest BCUT2D eigenvalue weighted by molar-refractivity contribution is 1.28. The van der Waals surface area contributed by atoms with Crippen molar-refractivity contribution in [2.45, 2.75) is 13.3 Å². The van der Waals surface area contributed by atoms with Crippen molar-refractivity contribution >= 4 is 10.8 Å². The predicted molar refractivity (Wildman–Crippen MR) is 76.9 cm³/mol. The van der Waals surface area contributed by atoms with Crippen LogP contribution in [0.25, 0.3) is 21.9 Å². The van der Waals surface area contributed by atoms with Gasteiger partial charge in [-0.15, -0.1) is 0 Å². The van der Waals surface area contributed by atoms with Crippen LogP contribution in [0.15, 0.2) is 54.6 Å². The van der Waals surface area contributed by atoms with E-state index in [0.29, 0.717) is 0 Å². The summed E-state index contributed by atoms with van der Waals surface area (Å²) in [7, 11) is 0. The number of benzene rings is 3. The SMILES string of the molecule is Cc1cc2c(c3ccccc13)Cc1ccccc1-2. The van der Waals surface area contributed by atoms with Gasteiger partial charge in [0, 0.05) is 0 Å². The molecule has 3 aromatic rings. The zero-order valence-corrected chi connectivity index (χ0v) is 10.4. The maximum absolute atomic E-state index is 2.35. The molecule has 4 rings (SSSR count). The molecule has 86 valence electrons. The van der Waals surface area contributed by atoms with Crippen molar-refractivity contribution in [2.75, 3.05) is 0 Å². The van der Waals surface area contributed by atoms with E-state index in [9.17, 15) is 0 Å². The summed E-state index contributed by atoms with van der Waals surface area (Å²) in [5.74, 6) is 0. The fourth-order valence-electron chi connectivity index (χ4n) is 3.18. The van der Waals surface area contributed by atoms with Crippen molar-refractivity contribution in [3.05, 3.63) is 71.3 Å². The Morgan fingerprint density at radius 3 is 2.39 bits per heavy atom. The fraction of sp³-hybridized carbons (Fsp3) is 0.111. The molecule has 0 bridgehead atoms. The van der Waals surface area contributed by atoms with Crippen LogP contribution in [0, 0.1) is 6.92 Å². The van der Waals surface area contributed by atoms with Gasteiger partial charge in [0.15, 0.2) is 0 Å². The molecule has 0 heteroatoms. The summed E-state index contributed by atoms with van der Waals surface area (Å²) in [6.07, 6.45) is 1.08. The first kappa shape index (κ1) is 9.90. The third-order valence-corrected chi connectivity index (χ3v) is 4.04. The van der Waals surface area contributed by atoms with E-state index in [-0.39, 0.29) is 0 Å². The standard InChI is InChI=1S/C18H14/c1-12-10-17-15-8-3-2-6-13(15)11-18(17)16-9-5-4-7-14(12)16/h2-10H,11H2,1H3. The minimum absolute atomic E-state index is 1.08. The molecular weight excluding hydrogens is 216 g/mol. The van der Waals surface area contributed by atoms with Crippen LogP contribution in [0.4, 0.5) is 0 Å². The van der Waals surface area contributed by atoms with Gasteiger partial charge in [-0.3, -0.25) is 0 Å². The Balaban J connectivity index is 2.14. The van der Waals surface area contributed by atoms with Gasteiger partial charge in [0.25, 0.3) is 0 Å². The summed E-state index contributed by atoms with van der Waals surface area (Å²) < 4.78 is 0. The van der Waals surface area contributed by atoms with Crippen molar-refractivity contribution in [2.24, 2.45) is 0 Å². The Bertz CT molecular complexity index is 766. The molecule has 0 aromatic heterocycles. The van der Waals surface area contributed by atoms with Crippen molar-refractivity contribution in [1.29, 1.82) is 0 Å². The number of hydrogen-bond donors (Lipinski definition) is 0. The number of aryl methyl sites for hydroxylation is 1. The van der Waals surface area contributed by atoms with Gasteiger partial charge in [0.1, 0.15) is 0 Å². The quantitative estimate of drug-likeness (QED) is 0.410. The highest BCUT2D eigenvalue weighted by molar-refractivity contribution is 5.97. The van der Waals surface area contributed by atoms with Crippen LogP contribution in [0.1, 0.15) is 16.7 Å². The molecule has 0 unspecified atom stereocenters. The lowest BCUT2D eigenvalue weighted by atomic mass is 9.95. The van der Waals surface area contributed by atoms with E-state index < -0.39 is 0 Å². The molecule has 0 radical (unpaired) electrons. The summed E-state index contributed by atoms with van der Waals surface area (Å²) in [5, 5.41) is 2.81. The third-order valence-electron chi connectivity index (χ3n) is 4.04. The molecule has 0 saturated carbocycles. The van der Waals surface area contributed by atoms with E-state index >= 15 is 0 Å². The molecule has 0 nitrogen and oxygen atoms in total. The van der Waals surface area contributed by atoms with Gasteiger partial charge in [-0.25, -0.2) is 0 Å². The number of fused-ring (bicyclic) bond motifs is 5. The van der Waals surface area contributed by atoms with Crippen molar-refractivity contribution in [1.82, 2.24) is 0 Å². The molecule has 0 amide bonds. The van der Waals surface area contributed by atoms with Gasteiger partial charge in [-0.1, -0.05) is 54.6 Å². The Labute approximate surface area is 107 Å². The van der Waals surface area contributed by atoms with Crippen LogP contribution in [-0.4, -0.2) is 0 Å². The maximum atomic E-state index is 2.35. The minimum Gasteiger partial charge on any atom is -0.0619 e. The van der Waals surface area contributed by atoms with E-state index in [2.05, 4.69) is 61.5 Å². The van der Waals surface area contributed by atoms with Gasteiger partial charge in [-0.2, -0.15) is 0 Å². The zero-order chi connectivity index (χ0) is 12.1. The highest BCUT2D eigenvalue weighted by Gasteiger charge is 2.20. The summed E-state index contributed by atoms with van der Waals surface area (Å²) in [5.41, 5.74) is 7.19. The van der Waals surface area contributed by atoms with Gasteiger partial charge in [-0.05, 0) is 51.9 Å². The summed E-state index contributed by atoms with van der Waals surface area (Å²) in [6, 6.07) is 19.9. The molecule has 1 aliphatic rings. The predicted octanol–water partition coefficient (Wildman–Crippen LogP) is 4.72. The molecular formula is C18H14. The molecule has 0 saturated heterocycles. The minimum atomic E-state index is 1.08. The van der Waals surface area contributed by atoms with Crippen molar-refractivity contribution in [3.63, 3.8) is 0 Å². The average Bonchev–Trinajstić information content (AvgIpc) is 2.78. The largest absolute Gasteiger partial charge is 0.0619 e. The Morgan fingerprint density at radius 1 is 0.778 bits per heavy atom. The number of rotatable bonds is 0. The first-order valence-corrected chi connectivity index (χ1v) is 6.44. The van der Waals surface area contributed by atoms with Crippen LogP contribution >= 0.6 is 0 Å². The normalized spacial score (nSPS) is 12.5. The second-order valence-electron chi connectivity index (χ2n) is 5.10. The van der Waals surface area contributed by atoms with Crippen LogP contribution < -0.4 is 0 Å². The van der Waals surface area contributed by atoms with Crippen LogP contribution in [0.5, 0.6) is 0 Å².